The Bertz CT molecular complexity index is 1180. The van der Waals surface area contributed by atoms with Crippen molar-refractivity contribution in [3.63, 3.8) is 0 Å². The van der Waals surface area contributed by atoms with Gasteiger partial charge in [0.1, 0.15) is 5.75 Å². The third-order valence-electron chi connectivity index (χ3n) is 4.27. The van der Waals surface area contributed by atoms with Crippen LogP contribution < -0.4 is 24.2 Å². The van der Waals surface area contributed by atoms with E-state index in [1.165, 1.54) is 38.5 Å². The van der Waals surface area contributed by atoms with E-state index in [9.17, 15) is 13.2 Å². The van der Waals surface area contributed by atoms with Gasteiger partial charge in [0.15, 0.2) is 18.1 Å². The molecule has 3 rings (SSSR count). The van der Waals surface area contributed by atoms with Crippen molar-refractivity contribution in [2.24, 2.45) is 0 Å². The average Bonchev–Trinajstić information content (AvgIpc) is 2.79. The molecule has 0 spiro atoms. The molecule has 3 aromatic carbocycles. The summed E-state index contributed by atoms with van der Waals surface area (Å²) < 4.78 is 43.3. The average molecular weight is 477 g/mol. The maximum absolute atomic E-state index is 12.5. The highest BCUT2D eigenvalue weighted by Crippen LogP contribution is 2.29. The summed E-state index contributed by atoms with van der Waals surface area (Å²) >= 11 is 5.81. The van der Waals surface area contributed by atoms with Crippen molar-refractivity contribution in [2.45, 2.75) is 4.90 Å². The number of hydrogen-bond donors (Lipinski definition) is 2. The van der Waals surface area contributed by atoms with Gasteiger partial charge in [-0.05, 0) is 60.7 Å². The second kappa shape index (κ2) is 10.3. The number of sulfonamides is 1. The van der Waals surface area contributed by atoms with Gasteiger partial charge in [-0.3, -0.25) is 9.52 Å². The molecule has 0 aliphatic rings. The first kappa shape index (κ1) is 23.2. The third kappa shape index (κ3) is 6.05. The zero-order chi connectivity index (χ0) is 23.1. The fourth-order valence-electron chi connectivity index (χ4n) is 2.71. The van der Waals surface area contributed by atoms with Gasteiger partial charge >= 0.3 is 0 Å². The van der Waals surface area contributed by atoms with Crippen LogP contribution in [0.25, 0.3) is 0 Å². The van der Waals surface area contributed by atoms with Crippen LogP contribution in [0.4, 0.5) is 11.4 Å². The predicted octanol–water partition coefficient (Wildman–Crippen LogP) is 4.18. The van der Waals surface area contributed by atoms with Gasteiger partial charge in [-0.25, -0.2) is 8.42 Å². The highest BCUT2D eigenvalue weighted by molar-refractivity contribution is 7.92. The molecule has 0 heterocycles. The first-order valence-electron chi connectivity index (χ1n) is 9.34. The summed E-state index contributed by atoms with van der Waals surface area (Å²) in [5, 5.41) is 3.19. The van der Waals surface area contributed by atoms with E-state index in [4.69, 9.17) is 25.8 Å². The zero-order valence-electron chi connectivity index (χ0n) is 17.3. The van der Waals surface area contributed by atoms with E-state index in [1.54, 1.807) is 42.5 Å². The van der Waals surface area contributed by atoms with E-state index in [2.05, 4.69) is 10.0 Å². The largest absolute Gasteiger partial charge is 0.493 e. The van der Waals surface area contributed by atoms with Crippen molar-refractivity contribution in [1.82, 2.24) is 0 Å². The first-order valence-corrected chi connectivity index (χ1v) is 11.2. The number of rotatable bonds is 9. The molecule has 0 aromatic heterocycles. The van der Waals surface area contributed by atoms with Crippen LogP contribution in [0.3, 0.4) is 0 Å². The van der Waals surface area contributed by atoms with Gasteiger partial charge in [-0.1, -0.05) is 11.6 Å². The van der Waals surface area contributed by atoms with Gasteiger partial charge in [0.2, 0.25) is 0 Å². The number of hydrogen-bond acceptors (Lipinski definition) is 6. The van der Waals surface area contributed by atoms with Crippen molar-refractivity contribution >= 4 is 38.9 Å². The first-order chi connectivity index (χ1) is 15.3. The van der Waals surface area contributed by atoms with E-state index in [1.807, 2.05) is 0 Å². The molecule has 0 fully saturated rings. The number of halogens is 1. The molecule has 0 atom stereocenters. The van der Waals surface area contributed by atoms with Crippen molar-refractivity contribution in [2.75, 3.05) is 30.9 Å². The molecular formula is C22H21ClN2O6S. The molecule has 8 nitrogen and oxygen atoms in total. The van der Waals surface area contributed by atoms with E-state index in [0.717, 1.165) is 0 Å². The van der Waals surface area contributed by atoms with Gasteiger partial charge in [0.25, 0.3) is 15.9 Å². The van der Waals surface area contributed by atoms with E-state index in [0.29, 0.717) is 33.6 Å². The number of nitrogens with one attached hydrogen (secondary N) is 2. The molecule has 0 saturated carbocycles. The molecule has 0 saturated heterocycles. The maximum atomic E-state index is 12.5. The zero-order valence-corrected chi connectivity index (χ0v) is 18.9. The van der Waals surface area contributed by atoms with Crippen LogP contribution in [-0.2, 0) is 14.8 Å². The molecule has 0 bridgehead atoms. The van der Waals surface area contributed by atoms with Gasteiger partial charge < -0.3 is 19.5 Å². The summed E-state index contributed by atoms with van der Waals surface area (Å²) in [5.74, 6) is 0.980. The lowest BCUT2D eigenvalue weighted by Crippen LogP contribution is -2.20. The third-order valence-corrected chi connectivity index (χ3v) is 5.92. The summed E-state index contributed by atoms with van der Waals surface area (Å²) in [6.45, 7) is -0.260. The van der Waals surface area contributed by atoms with Crippen molar-refractivity contribution in [3.8, 4) is 17.2 Å². The van der Waals surface area contributed by atoms with Crippen LogP contribution in [0.15, 0.2) is 71.6 Å². The molecule has 10 heteroatoms. The van der Waals surface area contributed by atoms with Crippen molar-refractivity contribution in [3.05, 3.63) is 71.8 Å². The fraction of sp³-hybridized carbons (Fsp3) is 0.136. The highest BCUT2D eigenvalue weighted by atomic mass is 35.5. The predicted molar refractivity (Wildman–Crippen MR) is 122 cm³/mol. The maximum Gasteiger partial charge on any atom is 0.262 e. The number of carbonyl (C=O) groups excluding carboxylic acids is 1. The van der Waals surface area contributed by atoms with Gasteiger partial charge in [-0.2, -0.15) is 0 Å². The minimum absolute atomic E-state index is 0.0505. The lowest BCUT2D eigenvalue weighted by Gasteiger charge is -2.11. The summed E-state index contributed by atoms with van der Waals surface area (Å²) in [6, 6.07) is 17.0. The Kier molecular flexibility index (Phi) is 7.45. The van der Waals surface area contributed by atoms with Crippen LogP contribution in [0.1, 0.15) is 0 Å². The Morgan fingerprint density at radius 1 is 0.875 bits per heavy atom. The summed E-state index contributed by atoms with van der Waals surface area (Å²) in [6.07, 6.45) is 0. The molecule has 0 aliphatic heterocycles. The molecule has 0 radical (unpaired) electrons. The lowest BCUT2D eigenvalue weighted by atomic mass is 10.2. The Morgan fingerprint density at radius 3 is 2.12 bits per heavy atom. The molecule has 0 unspecified atom stereocenters. The topological polar surface area (TPSA) is 103 Å². The Labute approximate surface area is 191 Å². The van der Waals surface area contributed by atoms with E-state index in [-0.39, 0.29) is 11.5 Å². The van der Waals surface area contributed by atoms with Gasteiger partial charge in [0.05, 0.1) is 19.1 Å². The molecule has 2 N–H and O–H groups in total. The number of anilines is 2. The fourth-order valence-corrected chi connectivity index (χ4v) is 3.89. The van der Waals surface area contributed by atoms with E-state index >= 15 is 0 Å². The molecular weight excluding hydrogens is 456 g/mol. The Hall–Kier alpha value is -3.43. The van der Waals surface area contributed by atoms with Crippen LogP contribution in [0.2, 0.25) is 5.02 Å². The normalized spacial score (nSPS) is 10.8. The van der Waals surface area contributed by atoms with Crippen LogP contribution in [-0.4, -0.2) is 35.2 Å². The Morgan fingerprint density at radius 2 is 1.50 bits per heavy atom. The lowest BCUT2D eigenvalue weighted by molar-refractivity contribution is -0.118. The number of amides is 1. The smallest absolute Gasteiger partial charge is 0.262 e. The van der Waals surface area contributed by atoms with Crippen molar-refractivity contribution in [1.29, 1.82) is 0 Å². The second-order valence-electron chi connectivity index (χ2n) is 6.49. The van der Waals surface area contributed by atoms with Crippen LogP contribution in [0, 0.1) is 0 Å². The molecule has 168 valence electrons. The van der Waals surface area contributed by atoms with Crippen LogP contribution in [0.5, 0.6) is 17.2 Å². The second-order valence-corrected chi connectivity index (χ2v) is 8.61. The SMILES string of the molecule is COc1ccc(NC(=O)COc2ccc(S(=O)(=O)Nc3ccc(Cl)cc3)cc2)cc1OC. The van der Waals surface area contributed by atoms with Gasteiger partial charge in [-0.15, -0.1) is 0 Å². The molecule has 3 aromatic rings. The highest BCUT2D eigenvalue weighted by Gasteiger charge is 2.15. The Balaban J connectivity index is 1.57. The summed E-state index contributed by atoms with van der Waals surface area (Å²) in [4.78, 5) is 12.2. The minimum Gasteiger partial charge on any atom is -0.493 e. The monoisotopic (exact) mass is 476 g/mol. The summed E-state index contributed by atoms with van der Waals surface area (Å²) in [7, 11) is -0.754. The number of benzene rings is 3. The van der Waals surface area contributed by atoms with Crippen LogP contribution >= 0.6 is 11.6 Å². The molecule has 1 amide bonds. The summed E-state index contributed by atoms with van der Waals surface area (Å²) in [5.41, 5.74) is 0.910. The van der Waals surface area contributed by atoms with Crippen molar-refractivity contribution < 1.29 is 27.4 Å². The quantitative estimate of drug-likeness (QED) is 0.480. The molecule has 32 heavy (non-hydrogen) atoms. The standard InChI is InChI=1S/C22H21ClN2O6S/c1-29-20-12-7-17(13-21(20)30-2)24-22(26)14-31-18-8-10-19(11-9-18)32(27,28)25-16-5-3-15(23)4-6-16/h3-13,25H,14H2,1-2H3,(H,24,26). The van der Waals surface area contributed by atoms with Gasteiger partial charge in [0, 0.05) is 22.5 Å². The van der Waals surface area contributed by atoms with E-state index < -0.39 is 15.9 Å². The number of ether oxygens (including phenoxy) is 3. The molecule has 0 aliphatic carbocycles. The minimum atomic E-state index is -3.78. The number of carbonyl (C=O) groups is 1. The number of methoxy groups -OCH3 is 2.